The van der Waals surface area contributed by atoms with E-state index in [-0.39, 0.29) is 18.4 Å². The summed E-state index contributed by atoms with van der Waals surface area (Å²) in [5.41, 5.74) is 1.76. The van der Waals surface area contributed by atoms with E-state index in [0.717, 1.165) is 5.69 Å². The maximum Gasteiger partial charge on any atom is 0.338 e. The zero-order valence-corrected chi connectivity index (χ0v) is 14.7. The molecule has 7 heteroatoms. The summed E-state index contributed by atoms with van der Waals surface area (Å²) in [6, 6.07) is 11.7. The maximum absolute atomic E-state index is 12.0. The lowest BCUT2D eigenvalue weighted by atomic mass is 10.2. The van der Waals surface area contributed by atoms with Gasteiger partial charge in [0, 0.05) is 11.4 Å². The molecule has 0 heterocycles. The van der Waals surface area contributed by atoms with Crippen molar-refractivity contribution in [2.75, 3.05) is 30.9 Å². The Kier molecular flexibility index (Phi) is 6.65. The highest BCUT2D eigenvalue weighted by molar-refractivity contribution is 6.32. The topological polar surface area (TPSA) is 76.7 Å². The lowest BCUT2D eigenvalue weighted by Gasteiger charge is -2.10. The summed E-state index contributed by atoms with van der Waals surface area (Å²) in [7, 11) is 1.52. The monoisotopic (exact) mass is 362 g/mol. The summed E-state index contributed by atoms with van der Waals surface area (Å²) >= 11 is 6.02. The van der Waals surface area contributed by atoms with Crippen molar-refractivity contribution >= 4 is 34.9 Å². The number of amides is 1. The van der Waals surface area contributed by atoms with Crippen LogP contribution in [0.3, 0.4) is 0 Å². The third kappa shape index (κ3) is 5.39. The predicted molar refractivity (Wildman–Crippen MR) is 97.5 cm³/mol. The molecule has 132 valence electrons. The summed E-state index contributed by atoms with van der Waals surface area (Å²) in [6.07, 6.45) is 0. The highest BCUT2D eigenvalue weighted by atomic mass is 35.5. The van der Waals surface area contributed by atoms with Gasteiger partial charge in [-0.2, -0.15) is 0 Å². The Labute approximate surface area is 151 Å². The number of rotatable bonds is 7. The van der Waals surface area contributed by atoms with Crippen molar-refractivity contribution in [2.24, 2.45) is 0 Å². The van der Waals surface area contributed by atoms with Crippen LogP contribution in [0.5, 0.6) is 5.75 Å². The van der Waals surface area contributed by atoms with E-state index in [9.17, 15) is 9.59 Å². The zero-order chi connectivity index (χ0) is 18.2. The summed E-state index contributed by atoms with van der Waals surface area (Å²) < 4.78 is 9.98. The van der Waals surface area contributed by atoms with Crippen LogP contribution < -0.4 is 15.4 Å². The van der Waals surface area contributed by atoms with Gasteiger partial charge in [0.25, 0.3) is 0 Å². The molecule has 0 aliphatic rings. The van der Waals surface area contributed by atoms with Gasteiger partial charge in [0.2, 0.25) is 5.91 Å². The quantitative estimate of drug-likeness (QED) is 0.736. The Morgan fingerprint density at radius 3 is 2.36 bits per heavy atom. The van der Waals surface area contributed by atoms with Crippen molar-refractivity contribution in [3.8, 4) is 5.75 Å². The van der Waals surface area contributed by atoms with E-state index < -0.39 is 0 Å². The molecular weight excluding hydrogens is 344 g/mol. The molecule has 0 radical (unpaired) electrons. The fraction of sp³-hybridized carbons (Fsp3) is 0.222. The van der Waals surface area contributed by atoms with Gasteiger partial charge in [-0.15, -0.1) is 0 Å². The molecule has 0 aliphatic carbocycles. The zero-order valence-electron chi connectivity index (χ0n) is 14.0. The number of anilines is 2. The normalized spacial score (nSPS) is 10.0. The second kappa shape index (κ2) is 8.94. The summed E-state index contributed by atoms with van der Waals surface area (Å²) in [6.45, 7) is 2.15. The van der Waals surface area contributed by atoms with Gasteiger partial charge in [-0.25, -0.2) is 4.79 Å². The molecule has 2 aromatic rings. The number of hydrogen-bond acceptors (Lipinski definition) is 5. The molecule has 6 nitrogen and oxygen atoms in total. The minimum Gasteiger partial charge on any atom is -0.495 e. The Morgan fingerprint density at radius 2 is 1.76 bits per heavy atom. The van der Waals surface area contributed by atoms with Gasteiger partial charge in [-0.1, -0.05) is 11.6 Å². The van der Waals surface area contributed by atoms with Crippen LogP contribution in [0, 0.1) is 0 Å². The molecule has 0 fully saturated rings. The van der Waals surface area contributed by atoms with Gasteiger partial charge < -0.3 is 20.1 Å². The Morgan fingerprint density at radius 1 is 1.08 bits per heavy atom. The number of halogens is 1. The molecule has 0 saturated heterocycles. The average molecular weight is 363 g/mol. The van der Waals surface area contributed by atoms with E-state index in [0.29, 0.717) is 28.6 Å². The van der Waals surface area contributed by atoms with E-state index in [1.807, 2.05) is 0 Å². The van der Waals surface area contributed by atoms with Crippen LogP contribution in [0.2, 0.25) is 5.02 Å². The van der Waals surface area contributed by atoms with Crippen molar-refractivity contribution in [1.29, 1.82) is 0 Å². The Hall–Kier alpha value is -2.73. The molecule has 0 aliphatic heterocycles. The molecular formula is C18H19ClN2O4. The maximum atomic E-state index is 12.0. The molecule has 0 aromatic heterocycles. The number of carbonyl (C=O) groups excluding carboxylic acids is 2. The molecule has 0 saturated carbocycles. The summed E-state index contributed by atoms with van der Waals surface area (Å²) in [5, 5.41) is 6.13. The summed E-state index contributed by atoms with van der Waals surface area (Å²) in [4.78, 5) is 23.6. The first-order chi connectivity index (χ1) is 12.0. The second-order valence-corrected chi connectivity index (χ2v) is 5.46. The average Bonchev–Trinajstić information content (AvgIpc) is 2.61. The molecule has 2 aromatic carbocycles. The number of esters is 1. The first kappa shape index (κ1) is 18.6. The molecule has 0 spiro atoms. The largest absolute Gasteiger partial charge is 0.495 e. The number of carbonyl (C=O) groups is 2. The van der Waals surface area contributed by atoms with E-state index in [1.54, 1.807) is 49.4 Å². The van der Waals surface area contributed by atoms with Crippen molar-refractivity contribution in [1.82, 2.24) is 0 Å². The van der Waals surface area contributed by atoms with E-state index in [4.69, 9.17) is 21.1 Å². The van der Waals surface area contributed by atoms with Gasteiger partial charge >= 0.3 is 5.97 Å². The number of hydrogen-bond donors (Lipinski definition) is 2. The van der Waals surface area contributed by atoms with E-state index in [2.05, 4.69) is 10.6 Å². The highest BCUT2D eigenvalue weighted by Crippen LogP contribution is 2.27. The van der Waals surface area contributed by atoms with Gasteiger partial charge in [-0.05, 0) is 49.4 Å². The molecule has 0 bridgehead atoms. The van der Waals surface area contributed by atoms with Crippen LogP contribution in [-0.4, -0.2) is 32.1 Å². The van der Waals surface area contributed by atoms with Crippen molar-refractivity contribution < 1.29 is 19.1 Å². The standard InChI is InChI=1S/C18H19ClN2O4/c1-3-25-18(23)12-4-6-13(7-5-12)20-11-17(22)21-14-8-9-16(24-2)15(19)10-14/h4-10,20H,3,11H2,1-2H3,(H,21,22). The fourth-order valence-electron chi connectivity index (χ4n) is 2.07. The second-order valence-electron chi connectivity index (χ2n) is 5.05. The number of benzene rings is 2. The number of ether oxygens (including phenoxy) is 2. The van der Waals surface area contributed by atoms with Crippen LogP contribution in [0.15, 0.2) is 42.5 Å². The molecule has 25 heavy (non-hydrogen) atoms. The molecule has 2 N–H and O–H groups in total. The summed E-state index contributed by atoms with van der Waals surface area (Å²) in [5.74, 6) is -0.0571. The third-order valence-corrected chi connectivity index (χ3v) is 3.58. The number of nitrogens with one attached hydrogen (secondary N) is 2. The van der Waals surface area contributed by atoms with Gasteiger partial charge in [0.05, 0.1) is 30.8 Å². The number of methoxy groups -OCH3 is 1. The molecule has 0 unspecified atom stereocenters. The van der Waals surface area contributed by atoms with Gasteiger partial charge in [0.1, 0.15) is 5.75 Å². The SMILES string of the molecule is CCOC(=O)c1ccc(NCC(=O)Nc2ccc(OC)c(Cl)c2)cc1. The minimum atomic E-state index is -0.372. The Bertz CT molecular complexity index is 747. The molecule has 2 rings (SSSR count). The predicted octanol–water partition coefficient (Wildman–Crippen LogP) is 3.58. The Balaban J connectivity index is 1.87. The van der Waals surface area contributed by atoms with E-state index in [1.165, 1.54) is 7.11 Å². The first-order valence-corrected chi connectivity index (χ1v) is 8.05. The molecule has 1 amide bonds. The van der Waals surface area contributed by atoms with Crippen LogP contribution in [0.25, 0.3) is 0 Å². The minimum absolute atomic E-state index is 0.0718. The van der Waals surface area contributed by atoms with Crippen LogP contribution in [-0.2, 0) is 9.53 Å². The van der Waals surface area contributed by atoms with E-state index >= 15 is 0 Å². The lowest BCUT2D eigenvalue weighted by molar-refractivity contribution is -0.114. The van der Waals surface area contributed by atoms with Crippen molar-refractivity contribution in [3.63, 3.8) is 0 Å². The first-order valence-electron chi connectivity index (χ1n) is 7.68. The van der Waals surface area contributed by atoms with Crippen molar-refractivity contribution in [3.05, 3.63) is 53.1 Å². The van der Waals surface area contributed by atoms with Crippen LogP contribution >= 0.6 is 11.6 Å². The third-order valence-electron chi connectivity index (χ3n) is 3.28. The lowest BCUT2D eigenvalue weighted by Crippen LogP contribution is -2.21. The fourth-order valence-corrected chi connectivity index (χ4v) is 2.33. The van der Waals surface area contributed by atoms with Gasteiger partial charge in [0.15, 0.2) is 0 Å². The van der Waals surface area contributed by atoms with Crippen LogP contribution in [0.4, 0.5) is 11.4 Å². The smallest absolute Gasteiger partial charge is 0.338 e. The van der Waals surface area contributed by atoms with Crippen LogP contribution in [0.1, 0.15) is 17.3 Å². The highest BCUT2D eigenvalue weighted by Gasteiger charge is 2.08. The van der Waals surface area contributed by atoms with Gasteiger partial charge in [-0.3, -0.25) is 4.79 Å². The molecule has 0 atom stereocenters. The van der Waals surface area contributed by atoms with Crippen molar-refractivity contribution in [2.45, 2.75) is 6.92 Å².